The van der Waals surface area contributed by atoms with Gasteiger partial charge < -0.3 is 10.2 Å². The fourth-order valence-corrected chi connectivity index (χ4v) is 5.87. The number of amides is 2. The zero-order valence-electron chi connectivity index (χ0n) is 23.2. The molecule has 0 radical (unpaired) electrons. The van der Waals surface area contributed by atoms with Crippen molar-refractivity contribution in [2.45, 2.75) is 64.6 Å². The Kier molecular flexibility index (Phi) is 9.61. The molecule has 0 heterocycles. The summed E-state index contributed by atoms with van der Waals surface area (Å²) < 4.78 is 29.8. The third-order valence-electron chi connectivity index (χ3n) is 6.04. The summed E-state index contributed by atoms with van der Waals surface area (Å²) in [4.78, 5) is 28.7. The number of sulfonamides is 1. The second-order valence-corrected chi connectivity index (χ2v) is 13.5. The fraction of sp³-hybridized carbons (Fsp3) is 0.333. The quantitative estimate of drug-likeness (QED) is 0.341. The van der Waals surface area contributed by atoms with E-state index in [-0.39, 0.29) is 17.3 Å². The van der Waals surface area contributed by atoms with Crippen LogP contribution in [0.1, 0.15) is 44.4 Å². The van der Waals surface area contributed by atoms with Crippen molar-refractivity contribution < 1.29 is 18.0 Å². The van der Waals surface area contributed by atoms with Crippen LogP contribution in [0.15, 0.2) is 82.2 Å². The zero-order chi connectivity index (χ0) is 29.0. The smallest absolute Gasteiger partial charge is 0.264 e. The van der Waals surface area contributed by atoms with Gasteiger partial charge in [-0.25, -0.2) is 8.42 Å². The molecule has 0 aliphatic rings. The van der Waals surface area contributed by atoms with E-state index in [1.54, 1.807) is 37.3 Å². The number of aryl methyl sites for hydroxylation is 2. The summed E-state index contributed by atoms with van der Waals surface area (Å²) in [5.74, 6) is -0.815. The van der Waals surface area contributed by atoms with E-state index < -0.39 is 34.1 Å². The first kappa shape index (κ1) is 30.4. The Morgan fingerprint density at radius 3 is 2.03 bits per heavy atom. The van der Waals surface area contributed by atoms with Crippen LogP contribution in [-0.2, 0) is 26.2 Å². The fourth-order valence-electron chi connectivity index (χ4n) is 4.19. The Morgan fingerprint density at radius 2 is 1.49 bits per heavy atom. The van der Waals surface area contributed by atoms with Gasteiger partial charge in [0.05, 0.1) is 10.6 Å². The molecule has 2 amide bonds. The highest BCUT2D eigenvalue weighted by molar-refractivity contribution is 9.10. The van der Waals surface area contributed by atoms with Crippen LogP contribution in [-0.4, -0.2) is 43.3 Å². The van der Waals surface area contributed by atoms with Crippen molar-refractivity contribution in [3.05, 3.63) is 94.0 Å². The van der Waals surface area contributed by atoms with Crippen molar-refractivity contribution in [1.29, 1.82) is 0 Å². The summed E-state index contributed by atoms with van der Waals surface area (Å²) in [7, 11) is -4.09. The average Bonchev–Trinajstić information content (AvgIpc) is 2.85. The van der Waals surface area contributed by atoms with Crippen molar-refractivity contribution >= 4 is 43.5 Å². The first-order valence-electron chi connectivity index (χ1n) is 12.7. The maximum Gasteiger partial charge on any atom is 0.264 e. The molecule has 0 aliphatic heterocycles. The van der Waals surface area contributed by atoms with Gasteiger partial charge in [0.2, 0.25) is 11.8 Å². The number of carbonyl (C=O) groups excluding carboxylic acids is 2. The summed E-state index contributed by atoms with van der Waals surface area (Å²) in [6, 6.07) is 20.1. The molecule has 3 aromatic carbocycles. The SMILES string of the molecule is Cc1cc(C)cc(N(CC(=O)N(Cc2ccc(Br)cc2)[C@H](C)C(=O)NC(C)(C)C)S(=O)(=O)c2ccccc2)c1. The lowest BCUT2D eigenvalue weighted by atomic mass is 10.1. The van der Waals surface area contributed by atoms with E-state index in [2.05, 4.69) is 21.2 Å². The van der Waals surface area contributed by atoms with E-state index in [1.165, 1.54) is 17.0 Å². The lowest BCUT2D eigenvalue weighted by Crippen LogP contribution is -2.54. The van der Waals surface area contributed by atoms with Crippen molar-refractivity contribution in [3.8, 4) is 0 Å². The molecular formula is C30H36BrN3O4S. The molecule has 0 aliphatic carbocycles. The van der Waals surface area contributed by atoms with Crippen molar-refractivity contribution in [2.24, 2.45) is 0 Å². The highest BCUT2D eigenvalue weighted by Crippen LogP contribution is 2.27. The molecule has 0 spiro atoms. The second-order valence-electron chi connectivity index (χ2n) is 10.7. The molecule has 0 saturated carbocycles. The van der Waals surface area contributed by atoms with Gasteiger partial charge in [-0.05, 0) is 94.6 Å². The first-order valence-corrected chi connectivity index (χ1v) is 14.9. The van der Waals surface area contributed by atoms with Crippen LogP contribution >= 0.6 is 15.9 Å². The van der Waals surface area contributed by atoms with Crippen molar-refractivity contribution in [2.75, 3.05) is 10.8 Å². The van der Waals surface area contributed by atoms with Crippen LogP contribution in [0.5, 0.6) is 0 Å². The molecule has 7 nitrogen and oxygen atoms in total. The molecule has 0 aromatic heterocycles. The van der Waals surface area contributed by atoms with Crippen LogP contribution < -0.4 is 9.62 Å². The minimum Gasteiger partial charge on any atom is -0.350 e. The summed E-state index contributed by atoms with van der Waals surface area (Å²) in [6.45, 7) is 10.7. The molecular weight excluding hydrogens is 578 g/mol. The standard InChI is InChI=1S/C30H36BrN3O4S/c1-21-16-22(2)18-26(17-21)34(39(37,38)27-10-8-7-9-11-27)20-28(35)33(19-24-12-14-25(31)15-13-24)23(3)29(36)32-30(4,5)6/h7-18,23H,19-20H2,1-6H3,(H,32,36)/t23-/m1/s1. The molecule has 1 atom stereocenters. The highest BCUT2D eigenvalue weighted by atomic mass is 79.9. The van der Waals surface area contributed by atoms with Gasteiger partial charge in [-0.3, -0.25) is 13.9 Å². The average molecular weight is 615 g/mol. The van der Waals surface area contributed by atoms with E-state index in [0.29, 0.717) is 5.69 Å². The van der Waals surface area contributed by atoms with Gasteiger partial charge in [0, 0.05) is 16.6 Å². The monoisotopic (exact) mass is 613 g/mol. The number of halogens is 1. The van der Waals surface area contributed by atoms with E-state index in [4.69, 9.17) is 0 Å². The van der Waals surface area contributed by atoms with Gasteiger partial charge >= 0.3 is 0 Å². The minimum atomic E-state index is -4.09. The highest BCUT2D eigenvalue weighted by Gasteiger charge is 2.33. The summed E-state index contributed by atoms with van der Waals surface area (Å²) in [5, 5.41) is 2.93. The van der Waals surface area contributed by atoms with Crippen LogP contribution in [0.25, 0.3) is 0 Å². The Labute approximate surface area is 240 Å². The van der Waals surface area contributed by atoms with E-state index in [9.17, 15) is 18.0 Å². The van der Waals surface area contributed by atoms with Crippen LogP contribution in [0.2, 0.25) is 0 Å². The van der Waals surface area contributed by atoms with E-state index in [1.807, 2.05) is 65.0 Å². The summed E-state index contributed by atoms with van der Waals surface area (Å²) in [5.41, 5.74) is 2.44. The van der Waals surface area contributed by atoms with Gasteiger partial charge in [0.25, 0.3) is 10.0 Å². The number of hydrogen-bond acceptors (Lipinski definition) is 4. The predicted molar refractivity (Wildman–Crippen MR) is 159 cm³/mol. The molecule has 1 N–H and O–H groups in total. The minimum absolute atomic E-state index is 0.0787. The molecule has 9 heteroatoms. The molecule has 0 bridgehead atoms. The first-order chi connectivity index (χ1) is 18.2. The van der Waals surface area contributed by atoms with Gasteiger partial charge in [-0.1, -0.05) is 52.3 Å². The van der Waals surface area contributed by atoms with Crippen LogP contribution in [0.3, 0.4) is 0 Å². The third kappa shape index (κ3) is 8.16. The predicted octanol–water partition coefficient (Wildman–Crippen LogP) is 5.59. The maximum absolute atomic E-state index is 14.0. The number of rotatable bonds is 9. The van der Waals surface area contributed by atoms with Gasteiger partial charge in [-0.15, -0.1) is 0 Å². The number of hydrogen-bond donors (Lipinski definition) is 1. The Balaban J connectivity index is 2.05. The molecule has 0 fully saturated rings. The Hall–Kier alpha value is -3.17. The lowest BCUT2D eigenvalue weighted by molar-refractivity contribution is -0.140. The largest absolute Gasteiger partial charge is 0.350 e. The van der Waals surface area contributed by atoms with Crippen molar-refractivity contribution in [1.82, 2.24) is 10.2 Å². The normalized spacial score (nSPS) is 12.5. The lowest BCUT2D eigenvalue weighted by Gasteiger charge is -2.33. The third-order valence-corrected chi connectivity index (χ3v) is 8.35. The van der Waals surface area contributed by atoms with Crippen molar-refractivity contribution in [3.63, 3.8) is 0 Å². The topological polar surface area (TPSA) is 86.8 Å². The maximum atomic E-state index is 14.0. The van der Waals surface area contributed by atoms with Gasteiger partial charge in [-0.2, -0.15) is 0 Å². The number of nitrogens with one attached hydrogen (secondary N) is 1. The molecule has 0 saturated heterocycles. The van der Waals surface area contributed by atoms with Gasteiger partial charge in [0.1, 0.15) is 12.6 Å². The van der Waals surface area contributed by atoms with Crippen LogP contribution in [0, 0.1) is 13.8 Å². The van der Waals surface area contributed by atoms with E-state index >= 15 is 0 Å². The molecule has 3 rings (SSSR count). The van der Waals surface area contributed by atoms with Gasteiger partial charge in [0.15, 0.2) is 0 Å². The molecule has 208 valence electrons. The Morgan fingerprint density at radius 1 is 0.923 bits per heavy atom. The number of nitrogens with zero attached hydrogens (tertiary/aromatic N) is 2. The molecule has 39 heavy (non-hydrogen) atoms. The molecule has 3 aromatic rings. The summed E-state index contributed by atoms with van der Waals surface area (Å²) >= 11 is 3.42. The summed E-state index contributed by atoms with van der Waals surface area (Å²) in [6.07, 6.45) is 0. The zero-order valence-corrected chi connectivity index (χ0v) is 25.6. The second kappa shape index (κ2) is 12.3. The van der Waals surface area contributed by atoms with E-state index in [0.717, 1.165) is 25.5 Å². The number of carbonyl (C=O) groups is 2. The number of anilines is 1. The molecule has 0 unspecified atom stereocenters. The Bertz CT molecular complexity index is 1400. The number of benzene rings is 3. The van der Waals surface area contributed by atoms with Crippen LogP contribution in [0.4, 0.5) is 5.69 Å².